The normalized spacial score (nSPS) is 14.6. The van der Waals surface area contributed by atoms with E-state index in [1.165, 1.54) is 23.4 Å². The van der Waals surface area contributed by atoms with Crippen LogP contribution in [0.5, 0.6) is 0 Å². The lowest BCUT2D eigenvalue weighted by atomic mass is 10.1. The maximum absolute atomic E-state index is 14.3. The summed E-state index contributed by atoms with van der Waals surface area (Å²) in [5.74, 6) is 0.104. The molecule has 2 aromatic carbocycles. The summed E-state index contributed by atoms with van der Waals surface area (Å²) in [6.45, 7) is 3.94. The quantitative estimate of drug-likeness (QED) is 0.551. The third kappa shape index (κ3) is 4.34. The highest BCUT2D eigenvalue weighted by Crippen LogP contribution is 2.42. The number of nitrogens with one attached hydrogen (secondary N) is 1. The number of aromatic nitrogens is 3. The number of thioether (sulfide) groups is 1. The number of hydrogen-bond acceptors (Lipinski definition) is 4. The van der Waals surface area contributed by atoms with E-state index in [0.29, 0.717) is 16.5 Å². The molecule has 150 valence electrons. The Morgan fingerprint density at radius 1 is 1.21 bits per heavy atom. The van der Waals surface area contributed by atoms with Gasteiger partial charge >= 0.3 is 0 Å². The highest BCUT2D eigenvalue weighted by Gasteiger charge is 2.32. The van der Waals surface area contributed by atoms with Crippen LogP contribution in [-0.2, 0) is 11.2 Å². The molecule has 29 heavy (non-hydrogen) atoms. The maximum atomic E-state index is 14.3. The first-order chi connectivity index (χ1) is 14.1. The number of carbonyl (C=O) groups is 1. The summed E-state index contributed by atoms with van der Waals surface area (Å²) in [4.78, 5) is 12.6. The first kappa shape index (κ1) is 19.6. The van der Waals surface area contributed by atoms with Gasteiger partial charge in [-0.3, -0.25) is 9.36 Å². The Morgan fingerprint density at radius 3 is 2.59 bits per heavy atom. The molecule has 1 saturated carbocycles. The van der Waals surface area contributed by atoms with Crippen LogP contribution in [0.15, 0.2) is 53.7 Å². The molecule has 1 aromatic heterocycles. The Balaban J connectivity index is 1.51. The first-order valence-electron chi connectivity index (χ1n) is 9.83. The summed E-state index contributed by atoms with van der Waals surface area (Å²) in [7, 11) is 0. The molecule has 4 rings (SSSR count). The van der Waals surface area contributed by atoms with Crippen molar-refractivity contribution < 1.29 is 9.18 Å². The monoisotopic (exact) mass is 410 g/mol. The van der Waals surface area contributed by atoms with Gasteiger partial charge in [0, 0.05) is 11.7 Å². The van der Waals surface area contributed by atoms with E-state index >= 15 is 0 Å². The molecular weight excluding hydrogens is 387 g/mol. The molecule has 1 atom stereocenters. The summed E-state index contributed by atoms with van der Waals surface area (Å²) in [6.07, 6.45) is 2.98. The third-order valence-electron chi connectivity index (χ3n) is 4.97. The van der Waals surface area contributed by atoms with Crippen molar-refractivity contribution in [3.8, 4) is 11.4 Å². The molecule has 0 radical (unpaired) electrons. The Kier molecular flexibility index (Phi) is 5.67. The number of halogens is 1. The van der Waals surface area contributed by atoms with Gasteiger partial charge < -0.3 is 5.32 Å². The van der Waals surface area contributed by atoms with Gasteiger partial charge in [0.25, 0.3) is 0 Å². The molecule has 0 saturated heterocycles. The molecule has 5 nitrogen and oxygen atoms in total. The van der Waals surface area contributed by atoms with Gasteiger partial charge in [0.05, 0.1) is 10.8 Å². The number of amides is 1. The first-order valence-corrected chi connectivity index (χ1v) is 10.7. The van der Waals surface area contributed by atoms with Crippen molar-refractivity contribution in [2.24, 2.45) is 0 Å². The van der Waals surface area contributed by atoms with Crippen LogP contribution in [0, 0.1) is 5.82 Å². The summed E-state index contributed by atoms with van der Waals surface area (Å²) >= 11 is 1.35. The van der Waals surface area contributed by atoms with Crippen molar-refractivity contribution in [3.63, 3.8) is 0 Å². The zero-order chi connectivity index (χ0) is 20.4. The summed E-state index contributed by atoms with van der Waals surface area (Å²) in [5, 5.41) is 11.8. The Labute approximate surface area is 173 Å². The SMILES string of the molecule is CCc1ccc(NC(=O)[C@@H](C)Sc2nnc(-c3ccccc3F)n2C2CC2)cc1. The van der Waals surface area contributed by atoms with Gasteiger partial charge in [-0.25, -0.2) is 4.39 Å². The van der Waals surface area contributed by atoms with Gasteiger partial charge in [-0.2, -0.15) is 0 Å². The number of aryl methyl sites for hydroxylation is 1. The zero-order valence-electron chi connectivity index (χ0n) is 16.4. The van der Waals surface area contributed by atoms with Gasteiger partial charge in [0.1, 0.15) is 5.82 Å². The second-order valence-corrected chi connectivity index (χ2v) is 8.49. The van der Waals surface area contributed by atoms with E-state index in [1.807, 2.05) is 35.8 Å². The Bertz CT molecular complexity index is 1010. The molecular formula is C22H23FN4OS. The van der Waals surface area contributed by atoms with E-state index in [1.54, 1.807) is 18.2 Å². The van der Waals surface area contributed by atoms with Gasteiger partial charge in [0.15, 0.2) is 11.0 Å². The van der Waals surface area contributed by atoms with Crippen LogP contribution in [-0.4, -0.2) is 25.9 Å². The number of hydrogen-bond donors (Lipinski definition) is 1. The molecule has 1 amide bonds. The summed E-state index contributed by atoms with van der Waals surface area (Å²) in [5.41, 5.74) is 2.44. The van der Waals surface area contributed by atoms with E-state index in [4.69, 9.17) is 0 Å². The Morgan fingerprint density at radius 2 is 1.93 bits per heavy atom. The van der Waals surface area contributed by atoms with Gasteiger partial charge in [-0.15, -0.1) is 10.2 Å². The lowest BCUT2D eigenvalue weighted by Crippen LogP contribution is -2.23. The van der Waals surface area contributed by atoms with E-state index in [9.17, 15) is 9.18 Å². The molecule has 3 aromatic rings. The van der Waals surface area contributed by atoms with Crippen LogP contribution in [0.2, 0.25) is 0 Å². The fraction of sp³-hybridized carbons (Fsp3) is 0.318. The van der Waals surface area contributed by atoms with Gasteiger partial charge in [-0.05, 0) is 56.0 Å². The minimum Gasteiger partial charge on any atom is -0.325 e. The fourth-order valence-corrected chi connectivity index (χ4v) is 4.04. The summed E-state index contributed by atoms with van der Waals surface area (Å²) in [6, 6.07) is 14.7. The lowest BCUT2D eigenvalue weighted by molar-refractivity contribution is -0.115. The molecule has 1 fully saturated rings. The van der Waals surface area contributed by atoms with Crippen molar-refractivity contribution in [2.75, 3.05) is 5.32 Å². The van der Waals surface area contributed by atoms with Crippen LogP contribution in [0.4, 0.5) is 10.1 Å². The molecule has 7 heteroatoms. The fourth-order valence-electron chi connectivity index (χ4n) is 3.12. The van der Waals surface area contributed by atoms with E-state index < -0.39 is 0 Å². The molecule has 1 N–H and O–H groups in total. The van der Waals surface area contributed by atoms with Crippen LogP contribution in [0.25, 0.3) is 11.4 Å². The molecule has 0 unspecified atom stereocenters. The smallest absolute Gasteiger partial charge is 0.237 e. The predicted molar refractivity (Wildman–Crippen MR) is 113 cm³/mol. The second-order valence-electron chi connectivity index (χ2n) is 7.19. The largest absolute Gasteiger partial charge is 0.325 e. The lowest BCUT2D eigenvalue weighted by Gasteiger charge is -2.14. The molecule has 0 spiro atoms. The molecule has 1 heterocycles. The maximum Gasteiger partial charge on any atom is 0.237 e. The van der Waals surface area contributed by atoms with Crippen LogP contribution < -0.4 is 5.32 Å². The van der Waals surface area contributed by atoms with E-state index in [-0.39, 0.29) is 23.0 Å². The average molecular weight is 411 g/mol. The van der Waals surface area contributed by atoms with Crippen molar-refractivity contribution in [1.29, 1.82) is 0 Å². The second kappa shape index (κ2) is 8.37. The molecule has 1 aliphatic carbocycles. The molecule has 0 aliphatic heterocycles. The molecule has 0 bridgehead atoms. The van der Waals surface area contributed by atoms with Crippen molar-refractivity contribution in [1.82, 2.24) is 14.8 Å². The Hall–Kier alpha value is -2.67. The third-order valence-corrected chi connectivity index (χ3v) is 6.03. The topological polar surface area (TPSA) is 59.8 Å². The van der Waals surface area contributed by atoms with Gasteiger partial charge in [-0.1, -0.05) is 43.0 Å². The number of benzene rings is 2. The average Bonchev–Trinajstić information content (AvgIpc) is 3.49. The predicted octanol–water partition coefficient (Wildman–Crippen LogP) is 5.10. The molecule has 1 aliphatic rings. The van der Waals surface area contributed by atoms with Crippen LogP contribution in [0.1, 0.15) is 38.3 Å². The minimum atomic E-state index is -0.365. The van der Waals surface area contributed by atoms with Gasteiger partial charge in [0.2, 0.25) is 5.91 Å². The van der Waals surface area contributed by atoms with Crippen molar-refractivity contribution in [2.45, 2.75) is 49.6 Å². The zero-order valence-corrected chi connectivity index (χ0v) is 17.2. The van der Waals surface area contributed by atoms with Crippen molar-refractivity contribution >= 4 is 23.4 Å². The highest BCUT2D eigenvalue weighted by molar-refractivity contribution is 8.00. The number of anilines is 1. The number of rotatable bonds is 7. The number of carbonyl (C=O) groups excluding carboxylic acids is 1. The minimum absolute atomic E-state index is 0.1000. The number of nitrogens with zero attached hydrogens (tertiary/aromatic N) is 3. The van der Waals surface area contributed by atoms with Crippen LogP contribution in [0.3, 0.4) is 0 Å². The highest BCUT2D eigenvalue weighted by atomic mass is 32.2. The van der Waals surface area contributed by atoms with Crippen molar-refractivity contribution in [3.05, 3.63) is 59.9 Å². The van der Waals surface area contributed by atoms with Crippen LogP contribution >= 0.6 is 11.8 Å². The van der Waals surface area contributed by atoms with E-state index in [2.05, 4.69) is 22.4 Å². The standard InChI is InChI=1S/C22H23FN4OS/c1-3-15-8-10-16(11-9-15)24-21(28)14(2)29-22-26-25-20(27(22)17-12-13-17)18-6-4-5-7-19(18)23/h4-11,14,17H,3,12-13H2,1-2H3,(H,24,28)/t14-/m1/s1. The van der Waals surface area contributed by atoms with E-state index in [0.717, 1.165) is 24.9 Å². The summed E-state index contributed by atoms with van der Waals surface area (Å²) < 4.78 is 16.3.